The number of nitrogens with one attached hydrogen (secondary N) is 1. The van der Waals surface area contributed by atoms with Crippen molar-refractivity contribution < 1.29 is 9.66 Å². The van der Waals surface area contributed by atoms with Crippen molar-refractivity contribution in [2.45, 2.75) is 38.1 Å². The van der Waals surface area contributed by atoms with Crippen molar-refractivity contribution in [3.05, 3.63) is 22.6 Å². The number of rotatable bonds is 6. The molecule has 0 radical (unpaired) electrons. The topological polar surface area (TPSA) is 113 Å². The minimum absolute atomic E-state index is 0.0149. The highest BCUT2D eigenvalue weighted by atomic mass is 35.5. The zero-order valence-electron chi connectivity index (χ0n) is 18.0. The van der Waals surface area contributed by atoms with Crippen LogP contribution in [-0.4, -0.2) is 74.4 Å². The fourth-order valence-corrected chi connectivity index (χ4v) is 5.36. The Labute approximate surface area is 190 Å². The summed E-state index contributed by atoms with van der Waals surface area (Å²) in [7, 11) is 0. The van der Waals surface area contributed by atoms with Crippen LogP contribution in [-0.2, 0) is 17.6 Å². The lowest BCUT2D eigenvalue weighted by Gasteiger charge is -2.36. The number of anilines is 3. The molecule has 0 amide bonds. The first kappa shape index (κ1) is 22.3. The third-order valence-corrected chi connectivity index (χ3v) is 7.47. The lowest BCUT2D eigenvalue weighted by atomic mass is 10.1. The molecule has 1 unspecified atom stereocenters. The van der Waals surface area contributed by atoms with Gasteiger partial charge in [-0.05, 0) is 24.0 Å². The monoisotopic (exact) mass is 465 g/mol. The van der Waals surface area contributed by atoms with Gasteiger partial charge in [0.1, 0.15) is 11.4 Å². The second kappa shape index (κ2) is 9.32. The van der Waals surface area contributed by atoms with Crippen LogP contribution in [0.4, 0.5) is 17.5 Å². The smallest absolute Gasteiger partial charge is 0.228 e. The summed E-state index contributed by atoms with van der Waals surface area (Å²) >= 11 is 4.93. The maximum Gasteiger partial charge on any atom is 0.228 e. The molecule has 2 aromatic rings. The predicted molar refractivity (Wildman–Crippen MR) is 123 cm³/mol. The van der Waals surface area contributed by atoms with Crippen LogP contribution in [0.15, 0.2) is 11.0 Å². The Morgan fingerprint density at radius 3 is 2.58 bits per heavy atom. The molecule has 0 aromatic carbocycles. The molecule has 2 aliphatic rings. The summed E-state index contributed by atoms with van der Waals surface area (Å²) in [6, 6.07) is 1.69. The van der Waals surface area contributed by atoms with Crippen molar-refractivity contribution in [1.82, 2.24) is 20.2 Å². The van der Waals surface area contributed by atoms with Gasteiger partial charge in [-0.2, -0.15) is 10.1 Å². The summed E-state index contributed by atoms with van der Waals surface area (Å²) in [6.45, 7) is 9.04. The summed E-state index contributed by atoms with van der Waals surface area (Å²) in [5.74, 6) is 2.01. The normalized spacial score (nSPS) is 19.6. The van der Waals surface area contributed by atoms with Gasteiger partial charge in [0, 0.05) is 38.7 Å². The van der Waals surface area contributed by atoms with E-state index in [4.69, 9.17) is 21.6 Å². The molecule has 0 saturated carbocycles. The molecule has 2 aliphatic heterocycles. The van der Waals surface area contributed by atoms with Crippen LogP contribution in [0.5, 0.6) is 0 Å². The van der Waals surface area contributed by atoms with Gasteiger partial charge < -0.3 is 24.8 Å². The quantitative estimate of drug-likeness (QED) is 0.614. The third kappa shape index (κ3) is 4.67. The maximum absolute atomic E-state index is 12.6. The van der Waals surface area contributed by atoms with E-state index < -0.39 is 11.2 Å². The molecule has 1 saturated heterocycles. The second-order valence-electron chi connectivity index (χ2n) is 8.24. The van der Waals surface area contributed by atoms with E-state index in [1.807, 2.05) is 26.8 Å². The molecule has 4 heterocycles. The standard InChI is InChI=1S/C20H28ClN7O2S/c1-12(2)15(11-29)22-19-18-14(4-9-31(18)30)23-20(24-19)28-7-5-27(6-8-28)16-10-17(21)26-25-13(16)3/h10,12,15,29H,4-9,11H2,1-3H3,(H,22,23,24)/t15-,31?/m0/s1. The predicted octanol–water partition coefficient (Wildman–Crippen LogP) is 1.65. The van der Waals surface area contributed by atoms with Crippen LogP contribution in [0.2, 0.25) is 5.15 Å². The largest absolute Gasteiger partial charge is 0.611 e. The molecular weight excluding hydrogens is 438 g/mol. The fourth-order valence-electron chi connectivity index (χ4n) is 3.91. The van der Waals surface area contributed by atoms with Crippen molar-refractivity contribution >= 4 is 40.2 Å². The highest BCUT2D eigenvalue weighted by Gasteiger charge is 2.34. The third-order valence-electron chi connectivity index (χ3n) is 5.82. The first-order valence-corrected chi connectivity index (χ1v) is 12.2. The van der Waals surface area contributed by atoms with Gasteiger partial charge in [0.05, 0.1) is 24.0 Å². The lowest BCUT2D eigenvalue weighted by molar-refractivity contribution is 0.248. The van der Waals surface area contributed by atoms with Gasteiger partial charge in [0.25, 0.3) is 0 Å². The highest BCUT2D eigenvalue weighted by Crippen LogP contribution is 2.33. The van der Waals surface area contributed by atoms with Crippen LogP contribution in [0.25, 0.3) is 0 Å². The SMILES string of the molecule is Cc1nnc(Cl)cc1N1CCN(c2nc3c(c(N[C@@H](CO)C(C)C)n2)[S+]([O-])CC3)CC1. The number of aryl methyl sites for hydroxylation is 2. The molecule has 4 rings (SSSR count). The molecule has 9 nitrogen and oxygen atoms in total. The Balaban J connectivity index is 1.55. The van der Waals surface area contributed by atoms with Crippen LogP contribution in [0.3, 0.4) is 0 Å². The van der Waals surface area contributed by atoms with Crippen LogP contribution in [0, 0.1) is 12.8 Å². The minimum atomic E-state index is -1.11. The molecule has 31 heavy (non-hydrogen) atoms. The molecule has 0 aliphatic carbocycles. The average molecular weight is 466 g/mol. The molecule has 0 spiro atoms. The Morgan fingerprint density at radius 1 is 1.19 bits per heavy atom. The van der Waals surface area contributed by atoms with Crippen molar-refractivity contribution in [1.29, 1.82) is 0 Å². The van der Waals surface area contributed by atoms with Gasteiger partial charge in [-0.3, -0.25) is 0 Å². The molecule has 2 N–H and O–H groups in total. The van der Waals surface area contributed by atoms with E-state index >= 15 is 0 Å². The average Bonchev–Trinajstić information content (AvgIpc) is 3.14. The Bertz CT molecular complexity index is 940. The maximum atomic E-state index is 12.6. The lowest BCUT2D eigenvalue weighted by Crippen LogP contribution is -2.47. The van der Waals surface area contributed by atoms with Gasteiger partial charge in [-0.1, -0.05) is 25.4 Å². The number of nitrogens with zero attached hydrogens (tertiary/aromatic N) is 6. The summed E-state index contributed by atoms with van der Waals surface area (Å²) in [6.07, 6.45) is 0.679. The molecule has 2 atom stereocenters. The molecule has 1 fully saturated rings. The van der Waals surface area contributed by atoms with Crippen molar-refractivity contribution in [3.63, 3.8) is 0 Å². The van der Waals surface area contributed by atoms with Crippen molar-refractivity contribution in [2.24, 2.45) is 5.92 Å². The number of fused-ring (bicyclic) bond motifs is 1. The van der Waals surface area contributed by atoms with E-state index in [1.54, 1.807) is 0 Å². The summed E-state index contributed by atoms with van der Waals surface area (Å²) in [5, 5.41) is 21.5. The highest BCUT2D eigenvalue weighted by molar-refractivity contribution is 7.91. The van der Waals surface area contributed by atoms with Crippen molar-refractivity contribution in [2.75, 3.05) is 53.7 Å². The number of aromatic nitrogens is 4. The zero-order chi connectivity index (χ0) is 22.1. The van der Waals surface area contributed by atoms with E-state index in [-0.39, 0.29) is 18.6 Å². The number of aliphatic hydroxyl groups excluding tert-OH is 1. The molecule has 2 aromatic heterocycles. The number of halogens is 1. The molecule has 0 bridgehead atoms. The minimum Gasteiger partial charge on any atom is -0.611 e. The molecular formula is C20H28ClN7O2S. The fraction of sp³-hybridized carbons (Fsp3) is 0.600. The Kier molecular flexibility index (Phi) is 6.71. The number of hydrogen-bond acceptors (Lipinski definition) is 9. The zero-order valence-corrected chi connectivity index (χ0v) is 19.6. The van der Waals surface area contributed by atoms with Crippen LogP contribution >= 0.6 is 11.6 Å². The summed E-state index contributed by atoms with van der Waals surface area (Å²) in [5.41, 5.74) is 2.69. The first-order chi connectivity index (χ1) is 14.9. The summed E-state index contributed by atoms with van der Waals surface area (Å²) < 4.78 is 12.6. The van der Waals surface area contributed by atoms with Gasteiger partial charge in [0.2, 0.25) is 10.8 Å². The van der Waals surface area contributed by atoms with E-state index in [0.717, 1.165) is 43.3 Å². The van der Waals surface area contributed by atoms with E-state index in [2.05, 4.69) is 25.3 Å². The van der Waals surface area contributed by atoms with E-state index in [0.29, 0.717) is 34.0 Å². The van der Waals surface area contributed by atoms with Gasteiger partial charge >= 0.3 is 0 Å². The number of hydrogen-bond donors (Lipinski definition) is 2. The number of piperazine rings is 1. The van der Waals surface area contributed by atoms with Gasteiger partial charge in [0.15, 0.2) is 11.0 Å². The molecule has 11 heteroatoms. The number of aliphatic hydroxyl groups is 1. The van der Waals surface area contributed by atoms with Crippen LogP contribution < -0.4 is 15.1 Å². The van der Waals surface area contributed by atoms with Crippen molar-refractivity contribution in [3.8, 4) is 0 Å². The summed E-state index contributed by atoms with van der Waals surface area (Å²) in [4.78, 5) is 14.6. The van der Waals surface area contributed by atoms with Gasteiger partial charge in [-0.15, -0.1) is 5.10 Å². The van der Waals surface area contributed by atoms with E-state index in [1.165, 1.54) is 0 Å². The molecule has 168 valence electrons. The Morgan fingerprint density at radius 2 is 1.90 bits per heavy atom. The Hall–Kier alpha value is -1.88. The second-order valence-corrected chi connectivity index (χ2v) is 10.1. The van der Waals surface area contributed by atoms with E-state index in [9.17, 15) is 9.66 Å². The van der Waals surface area contributed by atoms with Crippen LogP contribution in [0.1, 0.15) is 25.2 Å². The van der Waals surface area contributed by atoms with Gasteiger partial charge in [-0.25, -0.2) is 4.98 Å². The first-order valence-electron chi connectivity index (χ1n) is 10.5.